The van der Waals surface area contributed by atoms with Crippen LogP contribution in [0.2, 0.25) is 0 Å². The molecule has 3 N–H and O–H groups in total. The fourth-order valence-electron chi connectivity index (χ4n) is 3.53. The van der Waals surface area contributed by atoms with Gasteiger partial charge in [-0.3, -0.25) is 14.5 Å². The highest BCUT2D eigenvalue weighted by molar-refractivity contribution is 8.00. The lowest BCUT2D eigenvalue weighted by Gasteiger charge is -2.49. The smallest absolute Gasteiger partial charge is 0.355 e. The summed E-state index contributed by atoms with van der Waals surface area (Å²) in [5, 5.41) is 5.90. The number of nitrogen functional groups attached to an aromatic ring is 1. The van der Waals surface area contributed by atoms with Crippen molar-refractivity contribution in [1.29, 1.82) is 0 Å². The standard InChI is InChI=1S/C21H21ClN6O6S2/c1-32-12-5-3-10(4-6-12)8-34-20(31)15-11(7-22)9-35-19-14(18(30)28(15)19)24-17(29)13(26-33-2)16-25-21(23)36-27-16/h3-6,14,19H,7-9H2,1-2H3,(H,24,29)(H2,23,25,27)/b26-13-. The number of rotatable bonds is 9. The molecule has 1 fully saturated rings. The van der Waals surface area contributed by atoms with Crippen LogP contribution in [0.1, 0.15) is 11.4 Å². The van der Waals surface area contributed by atoms with Gasteiger partial charge in [-0.15, -0.1) is 23.4 Å². The van der Waals surface area contributed by atoms with Crippen molar-refractivity contribution >= 4 is 63.5 Å². The zero-order valence-corrected chi connectivity index (χ0v) is 21.5. The zero-order chi connectivity index (χ0) is 25.8. The first kappa shape index (κ1) is 25.7. The Bertz CT molecular complexity index is 1230. The zero-order valence-electron chi connectivity index (χ0n) is 19.1. The second-order valence-corrected chi connectivity index (χ2v) is 9.61. The van der Waals surface area contributed by atoms with Gasteiger partial charge in [0.2, 0.25) is 11.5 Å². The Morgan fingerprint density at radius 3 is 2.67 bits per heavy atom. The minimum Gasteiger partial charge on any atom is -0.497 e. The van der Waals surface area contributed by atoms with Crippen molar-refractivity contribution in [2.75, 3.05) is 31.6 Å². The Morgan fingerprint density at radius 1 is 1.31 bits per heavy atom. The van der Waals surface area contributed by atoms with Crippen molar-refractivity contribution < 1.29 is 28.7 Å². The molecule has 0 aliphatic carbocycles. The van der Waals surface area contributed by atoms with Crippen LogP contribution >= 0.6 is 34.9 Å². The van der Waals surface area contributed by atoms with Crippen LogP contribution in [0, 0.1) is 0 Å². The Hall–Kier alpha value is -3.36. The number of alkyl halides is 1. The summed E-state index contributed by atoms with van der Waals surface area (Å²) in [6.45, 7) is 0.00249. The largest absolute Gasteiger partial charge is 0.497 e. The molecule has 36 heavy (non-hydrogen) atoms. The predicted octanol–water partition coefficient (Wildman–Crippen LogP) is 1.12. The summed E-state index contributed by atoms with van der Waals surface area (Å²) in [5.41, 5.74) is 6.78. The number of carbonyl (C=O) groups is 3. The number of thioether (sulfide) groups is 1. The third kappa shape index (κ3) is 5.10. The van der Waals surface area contributed by atoms with E-state index in [4.69, 9.17) is 31.6 Å². The maximum Gasteiger partial charge on any atom is 0.355 e. The average molecular weight is 553 g/mol. The first-order valence-corrected chi connectivity index (χ1v) is 12.8. The Kier molecular flexibility index (Phi) is 7.96. The molecule has 0 spiro atoms. The quantitative estimate of drug-likeness (QED) is 0.152. The molecule has 1 aromatic carbocycles. The Balaban J connectivity index is 1.46. The van der Waals surface area contributed by atoms with Crippen LogP contribution < -0.4 is 15.8 Å². The van der Waals surface area contributed by atoms with Crippen LogP contribution in [-0.2, 0) is 30.6 Å². The monoisotopic (exact) mass is 552 g/mol. The van der Waals surface area contributed by atoms with E-state index < -0.39 is 29.2 Å². The first-order valence-electron chi connectivity index (χ1n) is 10.4. The number of esters is 1. The second kappa shape index (κ2) is 11.1. The van der Waals surface area contributed by atoms with E-state index in [0.29, 0.717) is 17.1 Å². The molecule has 1 aromatic heterocycles. The van der Waals surface area contributed by atoms with Crippen LogP contribution in [0.4, 0.5) is 5.13 Å². The minimum absolute atomic E-state index is 0.00249. The number of carbonyl (C=O) groups excluding carboxylic acids is 3. The van der Waals surface area contributed by atoms with Crippen LogP contribution in [0.3, 0.4) is 0 Å². The van der Waals surface area contributed by atoms with Gasteiger partial charge in [0.1, 0.15) is 36.6 Å². The van der Waals surface area contributed by atoms with Crippen molar-refractivity contribution in [1.82, 2.24) is 19.6 Å². The molecule has 2 atom stereocenters. The van der Waals surface area contributed by atoms with Gasteiger partial charge in [0.25, 0.3) is 11.8 Å². The van der Waals surface area contributed by atoms with Gasteiger partial charge >= 0.3 is 5.97 Å². The summed E-state index contributed by atoms with van der Waals surface area (Å²) in [6.07, 6.45) is 0. The molecule has 2 aliphatic heterocycles. The van der Waals surface area contributed by atoms with E-state index in [9.17, 15) is 14.4 Å². The molecule has 2 aromatic rings. The summed E-state index contributed by atoms with van der Waals surface area (Å²) < 4.78 is 14.6. The number of β-lactam (4-membered cyclic amide) rings is 1. The Morgan fingerprint density at radius 2 is 2.06 bits per heavy atom. The summed E-state index contributed by atoms with van der Waals surface area (Å²) in [4.78, 5) is 48.9. The number of benzene rings is 1. The van der Waals surface area contributed by atoms with Gasteiger partial charge in [0.05, 0.1) is 7.11 Å². The molecule has 0 saturated carbocycles. The van der Waals surface area contributed by atoms with Crippen molar-refractivity contribution in [3.63, 3.8) is 0 Å². The first-order chi connectivity index (χ1) is 17.4. The number of methoxy groups -OCH3 is 1. The second-order valence-electron chi connectivity index (χ2n) is 7.45. The molecule has 2 aliphatic rings. The van der Waals surface area contributed by atoms with E-state index in [2.05, 4.69) is 19.8 Å². The lowest BCUT2D eigenvalue weighted by molar-refractivity contribution is -0.153. The molecule has 15 heteroatoms. The van der Waals surface area contributed by atoms with Crippen molar-refractivity contribution in [2.45, 2.75) is 18.0 Å². The van der Waals surface area contributed by atoms with Crippen molar-refractivity contribution in [2.24, 2.45) is 5.16 Å². The van der Waals surface area contributed by atoms with E-state index in [0.717, 1.165) is 17.1 Å². The number of anilines is 1. The number of ether oxygens (including phenoxy) is 2. The number of hydrogen-bond acceptors (Lipinski definition) is 12. The molecular weight excluding hydrogens is 532 g/mol. The molecule has 4 rings (SSSR count). The lowest BCUT2D eigenvalue weighted by atomic mass is 10.0. The number of halogens is 1. The van der Waals surface area contributed by atoms with Crippen LogP contribution in [0.5, 0.6) is 5.75 Å². The molecule has 190 valence electrons. The molecule has 1 saturated heterocycles. The van der Waals surface area contributed by atoms with Crippen LogP contribution in [-0.4, -0.2) is 75.0 Å². The topological polar surface area (TPSA) is 158 Å². The third-order valence-electron chi connectivity index (χ3n) is 5.27. The van der Waals surface area contributed by atoms with Gasteiger partial charge in [0.15, 0.2) is 5.13 Å². The number of aromatic nitrogens is 2. The molecule has 2 amide bonds. The van der Waals surface area contributed by atoms with Crippen LogP contribution in [0.25, 0.3) is 0 Å². The predicted molar refractivity (Wildman–Crippen MR) is 133 cm³/mol. The number of amides is 2. The van der Waals surface area contributed by atoms with Gasteiger partial charge in [-0.05, 0) is 23.3 Å². The maximum atomic E-state index is 13.1. The molecule has 0 radical (unpaired) electrons. The van der Waals surface area contributed by atoms with Crippen molar-refractivity contribution in [3.8, 4) is 5.75 Å². The van der Waals surface area contributed by atoms with E-state index >= 15 is 0 Å². The Labute approximate surface area is 219 Å². The number of fused-ring (bicyclic) bond motifs is 1. The lowest BCUT2D eigenvalue weighted by Crippen LogP contribution is -2.71. The maximum absolute atomic E-state index is 13.1. The fraction of sp³-hybridized carbons (Fsp3) is 0.333. The molecule has 12 nitrogen and oxygen atoms in total. The SMILES string of the molecule is CO/N=C(\C(=O)NC1C(=O)N2C(C(=O)OCc3ccc(OC)cc3)=C(CCl)CSC12)c1nsc(N)n1. The van der Waals surface area contributed by atoms with E-state index in [1.54, 1.807) is 31.4 Å². The molecular formula is C21H21ClN6O6S2. The highest BCUT2D eigenvalue weighted by atomic mass is 35.5. The number of nitrogens with one attached hydrogen (secondary N) is 1. The van der Waals surface area contributed by atoms with Gasteiger partial charge in [-0.2, -0.15) is 9.36 Å². The van der Waals surface area contributed by atoms with Gasteiger partial charge < -0.3 is 25.4 Å². The van der Waals surface area contributed by atoms with Crippen LogP contribution in [0.15, 0.2) is 40.7 Å². The highest BCUT2D eigenvalue weighted by Gasteiger charge is 2.54. The third-order valence-corrected chi connectivity index (χ3v) is 7.47. The average Bonchev–Trinajstić information content (AvgIpc) is 3.33. The number of nitrogens with two attached hydrogens (primary N) is 1. The van der Waals surface area contributed by atoms with E-state index in [-0.39, 0.29) is 34.9 Å². The summed E-state index contributed by atoms with van der Waals surface area (Å²) in [5.74, 6) is -0.782. The minimum atomic E-state index is -0.915. The fourth-order valence-corrected chi connectivity index (χ4v) is 5.64. The molecule has 2 unspecified atom stereocenters. The highest BCUT2D eigenvalue weighted by Crippen LogP contribution is 2.41. The van der Waals surface area contributed by atoms with E-state index in [1.165, 1.54) is 23.8 Å². The van der Waals surface area contributed by atoms with Gasteiger partial charge in [0, 0.05) is 23.2 Å². The number of hydrogen-bond donors (Lipinski definition) is 2. The summed E-state index contributed by atoms with van der Waals surface area (Å²) in [6, 6.07) is 6.13. The van der Waals surface area contributed by atoms with E-state index in [1.807, 2.05) is 0 Å². The van der Waals surface area contributed by atoms with Gasteiger partial charge in [-0.25, -0.2) is 4.79 Å². The number of nitrogens with zero attached hydrogens (tertiary/aromatic N) is 4. The summed E-state index contributed by atoms with van der Waals surface area (Å²) in [7, 11) is 2.82. The van der Waals surface area contributed by atoms with Gasteiger partial charge in [-0.1, -0.05) is 17.3 Å². The molecule has 0 bridgehead atoms. The number of oxime groups is 1. The summed E-state index contributed by atoms with van der Waals surface area (Å²) >= 11 is 8.33. The van der Waals surface area contributed by atoms with Crippen molar-refractivity contribution in [3.05, 3.63) is 46.9 Å². The normalized spacial score (nSPS) is 19.4. The molecule has 3 heterocycles.